The number of aromatic nitrogens is 2. The Labute approximate surface area is 139 Å². The second-order valence-electron chi connectivity index (χ2n) is 5.43. The lowest BCUT2D eigenvalue weighted by Crippen LogP contribution is -2.24. The fourth-order valence-electron chi connectivity index (χ4n) is 2.41. The first kappa shape index (κ1) is 15.8. The zero-order valence-corrected chi connectivity index (χ0v) is 13.3. The predicted molar refractivity (Wildman–Crippen MR) is 89.2 cm³/mol. The van der Waals surface area contributed by atoms with Crippen molar-refractivity contribution < 1.29 is 14.3 Å². The number of carbonyl (C=O) groups excluding carboxylic acids is 2. The van der Waals surface area contributed by atoms with Crippen LogP contribution < -0.4 is 10.2 Å². The molecular weight excluding hydrogens is 308 g/mol. The minimum atomic E-state index is -0.337. The van der Waals surface area contributed by atoms with Gasteiger partial charge in [0, 0.05) is 37.1 Å². The number of carbonyl (C=O) groups is 2. The molecule has 2 heterocycles. The number of amides is 2. The van der Waals surface area contributed by atoms with Gasteiger partial charge < -0.3 is 10.1 Å². The van der Waals surface area contributed by atoms with Crippen LogP contribution in [0.15, 0.2) is 42.7 Å². The van der Waals surface area contributed by atoms with Gasteiger partial charge in [0.1, 0.15) is 6.61 Å². The minimum Gasteiger partial charge on any atom is -0.447 e. The molecule has 24 heavy (non-hydrogen) atoms. The highest BCUT2D eigenvalue weighted by Crippen LogP contribution is 2.19. The molecule has 0 spiro atoms. The molecule has 1 aromatic carbocycles. The molecule has 0 aliphatic carbocycles. The Bertz CT molecular complexity index is 782. The molecule has 1 fully saturated rings. The summed E-state index contributed by atoms with van der Waals surface area (Å²) in [5.41, 5.74) is 2.55. The van der Waals surface area contributed by atoms with Crippen molar-refractivity contribution in [2.75, 3.05) is 18.1 Å². The molecule has 7 nitrogen and oxygen atoms in total. The molecule has 3 rings (SSSR count). The van der Waals surface area contributed by atoms with Gasteiger partial charge >= 0.3 is 6.09 Å². The van der Waals surface area contributed by atoms with Crippen LogP contribution in [0.2, 0.25) is 0 Å². The van der Waals surface area contributed by atoms with Gasteiger partial charge in [-0.05, 0) is 23.8 Å². The highest BCUT2D eigenvalue weighted by molar-refractivity contribution is 5.91. The fraction of sp³-hybridized carbons (Fsp3) is 0.235. The van der Waals surface area contributed by atoms with Crippen LogP contribution in [0.5, 0.6) is 0 Å². The largest absolute Gasteiger partial charge is 0.447 e. The molecule has 7 heteroatoms. The molecule has 1 aliphatic rings. The van der Waals surface area contributed by atoms with Gasteiger partial charge in [-0.15, -0.1) is 0 Å². The molecular formula is C17H18N4O3. The number of ether oxygens (including phenoxy) is 1. The third kappa shape index (κ3) is 3.81. The van der Waals surface area contributed by atoms with Gasteiger partial charge in [0.25, 0.3) is 0 Å². The number of rotatable bonds is 5. The van der Waals surface area contributed by atoms with Crippen molar-refractivity contribution in [3.8, 4) is 0 Å². The first-order valence-electron chi connectivity index (χ1n) is 7.59. The summed E-state index contributed by atoms with van der Waals surface area (Å²) in [5, 5.41) is 6.85. The number of aryl methyl sites for hydroxylation is 1. The Hall–Kier alpha value is -3.09. The van der Waals surface area contributed by atoms with Crippen molar-refractivity contribution in [2.24, 2.45) is 7.05 Å². The summed E-state index contributed by atoms with van der Waals surface area (Å²) in [6, 6.07) is 7.47. The van der Waals surface area contributed by atoms with Crippen LogP contribution in [0, 0.1) is 0 Å². The summed E-state index contributed by atoms with van der Waals surface area (Å²) in [7, 11) is 1.82. The van der Waals surface area contributed by atoms with Crippen molar-refractivity contribution in [1.82, 2.24) is 15.1 Å². The van der Waals surface area contributed by atoms with Gasteiger partial charge in [-0.3, -0.25) is 14.4 Å². The van der Waals surface area contributed by atoms with Crippen molar-refractivity contribution in [2.45, 2.75) is 6.54 Å². The van der Waals surface area contributed by atoms with E-state index in [0.717, 1.165) is 16.8 Å². The average molecular weight is 326 g/mol. The standard InChI is InChI=1S/C17H18N4O3/c1-20-12-14(11-19-20)5-6-16(22)18-10-13-3-2-4-15(9-13)21-7-8-24-17(21)23/h2-6,9,11-12H,7-8,10H2,1H3,(H,18,22). The molecule has 0 radical (unpaired) electrons. The normalized spacial score (nSPS) is 14.2. The Morgan fingerprint density at radius 3 is 3.04 bits per heavy atom. The summed E-state index contributed by atoms with van der Waals surface area (Å²) in [4.78, 5) is 25.0. The SMILES string of the molecule is Cn1cc(C=CC(=O)NCc2cccc(N3CCOC3=O)c2)cn1. The van der Waals surface area contributed by atoms with E-state index in [2.05, 4.69) is 10.4 Å². The first-order chi connectivity index (χ1) is 11.6. The fourth-order valence-corrected chi connectivity index (χ4v) is 2.41. The molecule has 0 saturated carbocycles. The smallest absolute Gasteiger partial charge is 0.414 e. The highest BCUT2D eigenvalue weighted by Gasteiger charge is 2.23. The monoisotopic (exact) mass is 326 g/mol. The number of cyclic esters (lactones) is 1. The number of hydrogen-bond donors (Lipinski definition) is 1. The van der Waals surface area contributed by atoms with Crippen LogP contribution in [-0.4, -0.2) is 34.9 Å². The van der Waals surface area contributed by atoms with Crippen LogP contribution in [-0.2, 0) is 23.1 Å². The summed E-state index contributed by atoms with van der Waals surface area (Å²) < 4.78 is 6.61. The quantitative estimate of drug-likeness (QED) is 0.849. The van der Waals surface area contributed by atoms with Crippen LogP contribution in [0.4, 0.5) is 10.5 Å². The number of nitrogens with zero attached hydrogens (tertiary/aromatic N) is 3. The van der Waals surface area contributed by atoms with Gasteiger partial charge in [-0.1, -0.05) is 12.1 Å². The Morgan fingerprint density at radius 2 is 2.33 bits per heavy atom. The van der Waals surface area contributed by atoms with E-state index in [9.17, 15) is 9.59 Å². The molecule has 124 valence electrons. The van der Waals surface area contributed by atoms with E-state index >= 15 is 0 Å². The predicted octanol–water partition coefficient (Wildman–Crippen LogP) is 1.71. The van der Waals surface area contributed by atoms with Crippen LogP contribution >= 0.6 is 0 Å². The van der Waals surface area contributed by atoms with E-state index < -0.39 is 0 Å². The Morgan fingerprint density at radius 1 is 1.46 bits per heavy atom. The molecule has 1 saturated heterocycles. The lowest BCUT2D eigenvalue weighted by Gasteiger charge is -2.13. The molecule has 0 unspecified atom stereocenters. The van der Waals surface area contributed by atoms with Gasteiger partial charge in [0.15, 0.2) is 0 Å². The number of nitrogens with one attached hydrogen (secondary N) is 1. The number of benzene rings is 1. The maximum atomic E-state index is 11.9. The Kier molecular flexibility index (Phi) is 4.60. The zero-order chi connectivity index (χ0) is 16.9. The Balaban J connectivity index is 1.57. The minimum absolute atomic E-state index is 0.190. The van der Waals surface area contributed by atoms with E-state index in [1.165, 1.54) is 6.08 Å². The van der Waals surface area contributed by atoms with Crippen molar-refractivity contribution in [3.05, 3.63) is 53.9 Å². The summed E-state index contributed by atoms with van der Waals surface area (Å²) in [6.07, 6.45) is 6.35. The molecule has 0 bridgehead atoms. The maximum absolute atomic E-state index is 11.9. The first-order valence-corrected chi connectivity index (χ1v) is 7.59. The van der Waals surface area contributed by atoms with Crippen molar-refractivity contribution in [1.29, 1.82) is 0 Å². The molecule has 1 N–H and O–H groups in total. The van der Waals surface area contributed by atoms with E-state index in [-0.39, 0.29) is 12.0 Å². The van der Waals surface area contributed by atoms with Crippen LogP contribution in [0.1, 0.15) is 11.1 Å². The second-order valence-corrected chi connectivity index (χ2v) is 5.43. The van der Waals surface area contributed by atoms with E-state index in [4.69, 9.17) is 4.74 Å². The molecule has 1 aromatic heterocycles. The number of hydrogen-bond acceptors (Lipinski definition) is 4. The number of anilines is 1. The third-order valence-electron chi connectivity index (χ3n) is 3.60. The summed E-state index contributed by atoms with van der Waals surface area (Å²) >= 11 is 0. The molecule has 1 aliphatic heterocycles. The molecule has 0 atom stereocenters. The highest BCUT2D eigenvalue weighted by atomic mass is 16.6. The van der Waals surface area contributed by atoms with Gasteiger partial charge in [-0.2, -0.15) is 5.10 Å². The van der Waals surface area contributed by atoms with Crippen LogP contribution in [0.25, 0.3) is 6.08 Å². The van der Waals surface area contributed by atoms with Crippen molar-refractivity contribution in [3.63, 3.8) is 0 Å². The van der Waals surface area contributed by atoms with E-state index in [0.29, 0.717) is 19.7 Å². The summed E-state index contributed by atoms with van der Waals surface area (Å²) in [6.45, 7) is 1.33. The van der Waals surface area contributed by atoms with E-state index in [1.807, 2.05) is 37.5 Å². The zero-order valence-electron chi connectivity index (χ0n) is 13.3. The molecule has 2 amide bonds. The lowest BCUT2D eigenvalue weighted by molar-refractivity contribution is -0.116. The maximum Gasteiger partial charge on any atom is 0.414 e. The summed E-state index contributed by atoms with van der Waals surface area (Å²) in [5.74, 6) is -0.190. The van der Waals surface area contributed by atoms with Gasteiger partial charge in [0.05, 0.1) is 12.7 Å². The topological polar surface area (TPSA) is 76.5 Å². The third-order valence-corrected chi connectivity index (χ3v) is 3.60. The average Bonchev–Trinajstić information content (AvgIpc) is 3.19. The van der Waals surface area contributed by atoms with Crippen LogP contribution in [0.3, 0.4) is 0 Å². The van der Waals surface area contributed by atoms with E-state index in [1.54, 1.807) is 21.9 Å². The lowest BCUT2D eigenvalue weighted by atomic mass is 10.2. The molecule has 2 aromatic rings. The van der Waals surface area contributed by atoms with Gasteiger partial charge in [0.2, 0.25) is 5.91 Å². The van der Waals surface area contributed by atoms with Crippen molar-refractivity contribution >= 4 is 23.8 Å². The second kappa shape index (κ2) is 6.99. The van der Waals surface area contributed by atoms with Gasteiger partial charge in [-0.25, -0.2) is 4.79 Å².